The van der Waals surface area contributed by atoms with Crippen LogP contribution in [-0.4, -0.2) is 69.9 Å². The van der Waals surface area contributed by atoms with Gasteiger partial charge < -0.3 is 15.1 Å². The van der Waals surface area contributed by atoms with Gasteiger partial charge in [-0.2, -0.15) is 0 Å². The first-order valence-corrected chi connectivity index (χ1v) is 12.1. The van der Waals surface area contributed by atoms with Crippen LogP contribution in [0.15, 0.2) is 76.4 Å². The molecule has 4 aromatic rings. The molecule has 11 nitrogen and oxygen atoms in total. The van der Waals surface area contributed by atoms with Gasteiger partial charge in [0.05, 0.1) is 6.04 Å². The molecule has 0 saturated carbocycles. The van der Waals surface area contributed by atoms with Crippen LogP contribution in [0.3, 0.4) is 0 Å². The third-order valence-corrected chi connectivity index (χ3v) is 6.58. The van der Waals surface area contributed by atoms with Crippen LogP contribution in [0.1, 0.15) is 22.1 Å². The molecule has 0 aliphatic carbocycles. The van der Waals surface area contributed by atoms with Crippen LogP contribution in [0.2, 0.25) is 0 Å². The molecule has 2 aromatic carbocycles. The van der Waals surface area contributed by atoms with E-state index in [1.807, 2.05) is 30.1 Å². The second-order valence-electron chi connectivity index (χ2n) is 9.09. The van der Waals surface area contributed by atoms with Crippen molar-refractivity contribution in [3.63, 3.8) is 0 Å². The van der Waals surface area contributed by atoms with Gasteiger partial charge in [-0.3, -0.25) is 20.1 Å². The van der Waals surface area contributed by atoms with Gasteiger partial charge in [0.1, 0.15) is 11.2 Å². The van der Waals surface area contributed by atoms with Gasteiger partial charge in [-0.25, -0.2) is 10.5 Å². The van der Waals surface area contributed by atoms with E-state index in [4.69, 9.17) is 10.2 Å². The lowest BCUT2D eigenvalue weighted by Gasteiger charge is -2.39. The molecule has 11 heteroatoms. The Bertz CT molecular complexity index is 1460. The number of nitrogens with one attached hydrogen (secondary N) is 2. The lowest BCUT2D eigenvalue weighted by Crippen LogP contribution is -2.52. The van der Waals surface area contributed by atoms with Crippen molar-refractivity contribution in [3.8, 4) is 11.5 Å². The average molecular weight is 498 g/mol. The number of benzene rings is 2. The Morgan fingerprint density at radius 3 is 2.62 bits per heavy atom. The van der Waals surface area contributed by atoms with Gasteiger partial charge >= 0.3 is 0 Å². The third-order valence-electron chi connectivity index (χ3n) is 6.58. The summed E-state index contributed by atoms with van der Waals surface area (Å²) < 4.78 is 5.88. The maximum Gasteiger partial charge on any atom is 0.272 e. The number of amidine groups is 1. The first kappa shape index (κ1) is 23.0. The highest BCUT2D eigenvalue weighted by Gasteiger charge is 2.33. The second-order valence-corrected chi connectivity index (χ2v) is 9.09. The molecule has 37 heavy (non-hydrogen) atoms. The van der Waals surface area contributed by atoms with Crippen molar-refractivity contribution in [3.05, 3.63) is 78.1 Å². The lowest BCUT2D eigenvalue weighted by atomic mass is 10.0. The number of amides is 1. The molecule has 1 atom stereocenters. The van der Waals surface area contributed by atoms with Crippen molar-refractivity contribution in [2.24, 2.45) is 5.10 Å². The smallest absolute Gasteiger partial charge is 0.272 e. The zero-order chi connectivity index (χ0) is 25.4. The first-order chi connectivity index (χ1) is 18.0. The number of hydrogen-bond donors (Lipinski definition) is 3. The number of hydrazine groups is 2. The summed E-state index contributed by atoms with van der Waals surface area (Å²) in [6, 6.07) is 19.0. The van der Waals surface area contributed by atoms with Crippen LogP contribution in [0.4, 0.5) is 5.69 Å². The molecular weight excluding hydrogens is 470 g/mol. The molecule has 1 amide bonds. The molecule has 1 saturated heterocycles. The number of carbonyl (C=O) groups excluding carboxylic acids is 1. The van der Waals surface area contributed by atoms with Crippen LogP contribution >= 0.6 is 0 Å². The summed E-state index contributed by atoms with van der Waals surface area (Å²) in [7, 11) is 1.87. The highest BCUT2D eigenvalue weighted by molar-refractivity contribution is 5.93. The van der Waals surface area contributed by atoms with E-state index in [9.17, 15) is 4.79 Å². The highest BCUT2D eigenvalue weighted by atomic mass is 16.3. The molecule has 0 radical (unpaired) electrons. The number of carbonyl (C=O) groups is 1. The van der Waals surface area contributed by atoms with Crippen molar-refractivity contribution in [1.29, 1.82) is 0 Å². The molecule has 2 aliphatic rings. The average Bonchev–Trinajstić information content (AvgIpc) is 3.55. The van der Waals surface area contributed by atoms with E-state index in [1.54, 1.807) is 41.6 Å². The predicted octanol–water partition coefficient (Wildman–Crippen LogP) is 2.24. The van der Waals surface area contributed by atoms with Gasteiger partial charge in [-0.1, -0.05) is 30.3 Å². The zero-order valence-corrected chi connectivity index (χ0v) is 20.3. The number of pyridine rings is 1. The molecule has 2 aromatic heterocycles. The number of hydrazone groups is 1. The number of aromatic nitrogens is 2. The molecule has 4 N–H and O–H groups in total. The van der Waals surface area contributed by atoms with Crippen LogP contribution < -0.4 is 16.7 Å². The Hall–Kier alpha value is -4.48. The van der Waals surface area contributed by atoms with Crippen molar-refractivity contribution in [2.45, 2.75) is 6.04 Å². The van der Waals surface area contributed by atoms with Crippen molar-refractivity contribution >= 4 is 28.5 Å². The van der Waals surface area contributed by atoms with Crippen LogP contribution in [-0.2, 0) is 0 Å². The molecule has 6 rings (SSSR count). The van der Waals surface area contributed by atoms with E-state index in [0.717, 1.165) is 11.4 Å². The van der Waals surface area contributed by atoms with Crippen LogP contribution in [0, 0.1) is 0 Å². The number of nitrogens with two attached hydrogens (primary N) is 1. The number of rotatable bonds is 5. The number of hydrogen-bond acceptors (Lipinski definition) is 10. The Labute approximate surface area is 213 Å². The van der Waals surface area contributed by atoms with Crippen molar-refractivity contribution in [1.82, 2.24) is 35.8 Å². The number of anilines is 1. The summed E-state index contributed by atoms with van der Waals surface area (Å²) in [5.74, 6) is 1.13. The quantitative estimate of drug-likeness (QED) is 0.356. The molecule has 0 bridgehead atoms. The van der Waals surface area contributed by atoms with Gasteiger partial charge in [-0.15, -0.1) is 10.2 Å². The third kappa shape index (κ3) is 4.57. The molecular formula is C26H27N9O2. The van der Waals surface area contributed by atoms with E-state index < -0.39 is 0 Å². The van der Waals surface area contributed by atoms with Crippen molar-refractivity contribution < 1.29 is 9.21 Å². The molecule has 0 spiro atoms. The topological polar surface area (TPSA) is 128 Å². The maximum atomic E-state index is 13.4. The Balaban J connectivity index is 1.18. The van der Waals surface area contributed by atoms with Crippen LogP contribution in [0.25, 0.3) is 22.6 Å². The van der Waals surface area contributed by atoms with Crippen molar-refractivity contribution in [2.75, 3.05) is 39.0 Å². The molecule has 1 unspecified atom stereocenters. The first-order valence-electron chi connectivity index (χ1n) is 12.1. The van der Waals surface area contributed by atoms with Gasteiger partial charge in [0.15, 0.2) is 11.4 Å². The monoisotopic (exact) mass is 497 g/mol. The van der Waals surface area contributed by atoms with Gasteiger partial charge in [0.2, 0.25) is 5.89 Å². The summed E-state index contributed by atoms with van der Waals surface area (Å²) in [4.78, 5) is 26.4. The second kappa shape index (κ2) is 9.52. The summed E-state index contributed by atoms with van der Waals surface area (Å²) >= 11 is 0. The highest BCUT2D eigenvalue weighted by Crippen LogP contribution is 2.27. The lowest BCUT2D eigenvalue weighted by molar-refractivity contribution is 0.0604. The fraction of sp³-hybridized carbons (Fsp3) is 0.231. The zero-order valence-electron chi connectivity index (χ0n) is 20.3. The minimum absolute atomic E-state index is 0.0504. The Morgan fingerprint density at radius 1 is 1.05 bits per heavy atom. The van der Waals surface area contributed by atoms with E-state index in [1.165, 1.54) is 0 Å². The number of nitrogens with zero attached hydrogens (tertiary/aromatic N) is 6. The summed E-state index contributed by atoms with van der Waals surface area (Å²) in [5, 5.41) is 6.17. The Morgan fingerprint density at radius 2 is 1.86 bits per heavy atom. The predicted molar refractivity (Wildman–Crippen MR) is 140 cm³/mol. The van der Waals surface area contributed by atoms with E-state index in [-0.39, 0.29) is 11.9 Å². The summed E-state index contributed by atoms with van der Waals surface area (Å²) in [6.45, 7) is 2.55. The molecule has 2 aliphatic heterocycles. The van der Waals surface area contributed by atoms with E-state index in [0.29, 0.717) is 60.1 Å². The van der Waals surface area contributed by atoms with Gasteiger partial charge in [0, 0.05) is 50.7 Å². The van der Waals surface area contributed by atoms with E-state index >= 15 is 0 Å². The SMILES string of the molecule is CN1NN=C(C(c2ccccc2)N2CCN(C(=O)c3cc(-c4nc5cc(N)ccc5o4)ccn3)CC2)N1. The minimum atomic E-state index is -0.115. The summed E-state index contributed by atoms with van der Waals surface area (Å²) in [6.07, 6.45) is 1.61. The number of fused-ring (bicyclic) bond motifs is 1. The van der Waals surface area contributed by atoms with E-state index in [2.05, 4.69) is 43.1 Å². The number of nitrogen functional groups attached to an aromatic ring is 1. The van der Waals surface area contributed by atoms with Gasteiger partial charge in [-0.05, 0) is 35.9 Å². The number of oxazole rings is 1. The van der Waals surface area contributed by atoms with Gasteiger partial charge in [0.25, 0.3) is 5.91 Å². The maximum absolute atomic E-state index is 13.4. The molecule has 4 heterocycles. The minimum Gasteiger partial charge on any atom is -0.436 e. The normalized spacial score (nSPS) is 17.3. The fourth-order valence-electron chi connectivity index (χ4n) is 4.74. The molecule has 188 valence electrons. The molecule has 1 fully saturated rings. The summed E-state index contributed by atoms with van der Waals surface area (Å²) in [5.41, 5.74) is 16.2. The number of piperazine rings is 1. The van der Waals surface area contributed by atoms with Crippen LogP contribution in [0.5, 0.6) is 0 Å². The Kier molecular flexibility index (Phi) is 5.91. The standard InChI is InChI=1S/C26H27N9O2/c1-33-31-24(30-32-33)23(17-5-3-2-4-6-17)34-11-13-35(14-12-34)26(36)21-15-18(9-10-28-21)25-29-20-16-19(27)7-8-22(20)37-25/h2-10,15-16,23,32H,11-14,27H2,1H3,(H,30,31). The fourth-order valence-corrected chi connectivity index (χ4v) is 4.74. The largest absolute Gasteiger partial charge is 0.436 e.